The lowest BCUT2D eigenvalue weighted by molar-refractivity contribution is -0.0218. The van der Waals surface area contributed by atoms with Crippen LogP contribution in [0.15, 0.2) is 47.3 Å². The molecule has 2 fully saturated rings. The van der Waals surface area contributed by atoms with E-state index in [9.17, 15) is 10.2 Å². The van der Waals surface area contributed by atoms with Crippen molar-refractivity contribution in [2.75, 3.05) is 24.1 Å². The lowest BCUT2D eigenvalue weighted by atomic mass is 9.80. The Morgan fingerprint density at radius 3 is 2.91 bits per heavy atom. The first-order valence-corrected chi connectivity index (χ1v) is 12.7. The van der Waals surface area contributed by atoms with Gasteiger partial charge in [0.05, 0.1) is 27.5 Å². The van der Waals surface area contributed by atoms with Crippen molar-refractivity contribution in [2.24, 2.45) is 5.41 Å². The number of nitrogens with zero attached hydrogens (tertiary/aromatic N) is 4. The van der Waals surface area contributed by atoms with Gasteiger partial charge in [-0.05, 0) is 59.5 Å². The number of nitrogens with two attached hydrogens (primary N) is 1. The number of pyridine rings is 1. The van der Waals surface area contributed by atoms with Crippen LogP contribution in [0.1, 0.15) is 37.4 Å². The van der Waals surface area contributed by atoms with Gasteiger partial charge in [-0.1, -0.05) is 12.1 Å². The highest BCUT2D eigenvalue weighted by Crippen LogP contribution is 2.52. The highest BCUT2D eigenvalue weighted by atomic mass is 79.9. The Balaban J connectivity index is 1.29. The fourth-order valence-electron chi connectivity index (χ4n) is 5.92. The number of hydrogen-bond donors (Lipinski definition) is 5. The Morgan fingerprint density at radius 1 is 1.23 bits per heavy atom. The fourth-order valence-corrected chi connectivity index (χ4v) is 6.26. The zero-order valence-electron chi connectivity index (χ0n) is 19.3. The molecular weight excluding hydrogens is 510 g/mol. The second kappa shape index (κ2) is 8.41. The van der Waals surface area contributed by atoms with Crippen molar-refractivity contribution >= 4 is 49.5 Å². The number of aromatic nitrogens is 4. The molecule has 4 aromatic rings. The highest BCUT2D eigenvalue weighted by Gasteiger charge is 2.56. The highest BCUT2D eigenvalue weighted by molar-refractivity contribution is 9.10. The van der Waals surface area contributed by atoms with E-state index in [2.05, 4.69) is 53.6 Å². The van der Waals surface area contributed by atoms with E-state index >= 15 is 0 Å². The number of aliphatic hydroxyl groups excluding tert-OH is 2. The largest absolute Gasteiger partial charge is 0.390 e. The van der Waals surface area contributed by atoms with E-state index in [1.54, 1.807) is 0 Å². The smallest absolute Gasteiger partial charge is 0.145 e. The van der Waals surface area contributed by atoms with Crippen LogP contribution in [0.2, 0.25) is 0 Å². The van der Waals surface area contributed by atoms with Gasteiger partial charge in [0.2, 0.25) is 0 Å². The number of aliphatic hydroxyl groups is 2. The quantitative estimate of drug-likeness (QED) is 0.268. The normalized spacial score (nSPS) is 28.5. The maximum Gasteiger partial charge on any atom is 0.145 e. The summed E-state index contributed by atoms with van der Waals surface area (Å²) in [5.74, 6) is 1.24. The molecule has 0 radical (unpaired) electrons. The molecule has 0 amide bonds. The fraction of sp³-hybridized carbons (Fsp3) is 0.400. The Morgan fingerprint density at radius 2 is 2.09 bits per heavy atom. The lowest BCUT2D eigenvalue weighted by Crippen LogP contribution is -2.38. The van der Waals surface area contributed by atoms with Crippen molar-refractivity contribution < 1.29 is 10.2 Å². The molecule has 3 aromatic heterocycles. The van der Waals surface area contributed by atoms with Crippen molar-refractivity contribution in [1.82, 2.24) is 24.8 Å². The average molecular weight is 538 g/mol. The summed E-state index contributed by atoms with van der Waals surface area (Å²) in [6.07, 6.45) is 3.11. The van der Waals surface area contributed by atoms with Gasteiger partial charge in [0.1, 0.15) is 29.7 Å². The summed E-state index contributed by atoms with van der Waals surface area (Å²) in [5.41, 5.74) is 8.25. The molecule has 1 aliphatic heterocycles. The number of benzene rings is 1. The van der Waals surface area contributed by atoms with Crippen LogP contribution in [0.5, 0.6) is 0 Å². The number of rotatable bonds is 4. The van der Waals surface area contributed by atoms with E-state index in [0.717, 1.165) is 50.8 Å². The third-order valence-electron chi connectivity index (χ3n) is 7.71. The topological polar surface area (TPSA) is 134 Å². The number of halogens is 1. The van der Waals surface area contributed by atoms with E-state index in [-0.39, 0.29) is 12.1 Å². The number of hydrogen-bond acceptors (Lipinski definition) is 8. The molecule has 10 heteroatoms. The van der Waals surface area contributed by atoms with E-state index < -0.39 is 17.6 Å². The van der Waals surface area contributed by atoms with E-state index in [4.69, 9.17) is 5.73 Å². The van der Waals surface area contributed by atoms with Crippen molar-refractivity contribution in [3.8, 4) is 0 Å². The predicted molar refractivity (Wildman–Crippen MR) is 139 cm³/mol. The molecule has 9 nitrogen and oxygen atoms in total. The zero-order chi connectivity index (χ0) is 24.3. The third-order valence-corrected chi connectivity index (χ3v) is 8.34. The van der Waals surface area contributed by atoms with E-state index in [0.29, 0.717) is 18.8 Å². The van der Waals surface area contributed by atoms with Gasteiger partial charge < -0.3 is 31.1 Å². The Kier molecular flexibility index (Phi) is 5.44. The Bertz CT molecular complexity index is 1430. The SMILES string of the molecule is CCNc1ncnc2c1ccn2[C@@H]1C[C@@]2(CN[C@@H](c3ccc4cc(Br)c(N)nc4c3)C2)[C@@H](O)[C@H]1O. The van der Waals surface area contributed by atoms with Crippen molar-refractivity contribution in [1.29, 1.82) is 0 Å². The van der Waals surface area contributed by atoms with Crippen LogP contribution in [0.25, 0.3) is 21.9 Å². The van der Waals surface area contributed by atoms with Gasteiger partial charge in [0.15, 0.2) is 0 Å². The Labute approximate surface area is 210 Å². The minimum atomic E-state index is -0.890. The second-order valence-electron chi connectivity index (χ2n) is 9.73. The molecule has 1 aliphatic carbocycles. The first-order chi connectivity index (χ1) is 16.9. The maximum atomic E-state index is 11.2. The summed E-state index contributed by atoms with van der Waals surface area (Å²) in [6.45, 7) is 3.40. The van der Waals surface area contributed by atoms with Gasteiger partial charge in [0, 0.05) is 36.1 Å². The zero-order valence-corrected chi connectivity index (χ0v) is 20.9. The van der Waals surface area contributed by atoms with E-state index in [1.165, 1.54) is 6.33 Å². The minimum absolute atomic E-state index is 0.0516. The molecule has 4 heterocycles. The summed E-state index contributed by atoms with van der Waals surface area (Å²) in [5, 5.41) is 31.2. The first-order valence-electron chi connectivity index (χ1n) is 11.9. The van der Waals surface area contributed by atoms with Crippen LogP contribution < -0.4 is 16.4 Å². The summed E-state index contributed by atoms with van der Waals surface area (Å²) < 4.78 is 2.78. The van der Waals surface area contributed by atoms with Gasteiger partial charge in [-0.25, -0.2) is 15.0 Å². The summed E-state index contributed by atoms with van der Waals surface area (Å²) in [7, 11) is 0. The molecule has 1 aromatic carbocycles. The molecule has 5 atom stereocenters. The molecule has 0 bridgehead atoms. The molecule has 2 aliphatic rings. The molecule has 6 rings (SSSR count). The molecule has 6 N–H and O–H groups in total. The molecule has 35 heavy (non-hydrogen) atoms. The van der Waals surface area contributed by atoms with Gasteiger partial charge >= 0.3 is 0 Å². The van der Waals surface area contributed by atoms with E-state index in [1.807, 2.05) is 35.9 Å². The van der Waals surface area contributed by atoms with Gasteiger partial charge in [-0.2, -0.15) is 0 Å². The number of fused-ring (bicyclic) bond motifs is 2. The molecular formula is C25H28BrN7O2. The van der Waals surface area contributed by atoms with Crippen LogP contribution in [-0.2, 0) is 0 Å². The van der Waals surface area contributed by atoms with Crippen LogP contribution in [0.3, 0.4) is 0 Å². The maximum absolute atomic E-state index is 11.2. The van der Waals surface area contributed by atoms with Gasteiger partial charge in [-0.15, -0.1) is 0 Å². The van der Waals surface area contributed by atoms with Gasteiger partial charge in [-0.3, -0.25) is 0 Å². The first kappa shape index (κ1) is 22.7. The molecule has 1 saturated carbocycles. The summed E-state index contributed by atoms with van der Waals surface area (Å²) in [6, 6.07) is 9.92. The standard InChI is InChI=1S/C25H28BrN7O2/c1-2-28-23-15-5-6-33(24(15)31-12-30-23)19-10-25(21(35)20(19)34)9-18(29-11-25)14-4-3-13-7-16(26)22(27)32-17(13)8-14/h3-8,12,18-21,29,34-35H,2,9-11H2,1H3,(H2,27,32)(H,28,30,31)/t18-,19-,20+,21+,25+/m1/s1. The second-order valence-corrected chi connectivity index (χ2v) is 10.6. The third kappa shape index (κ3) is 3.58. The monoisotopic (exact) mass is 537 g/mol. The lowest BCUT2D eigenvalue weighted by Gasteiger charge is -2.27. The minimum Gasteiger partial charge on any atom is -0.390 e. The molecule has 1 saturated heterocycles. The van der Waals surface area contributed by atoms with Crippen molar-refractivity contribution in [3.63, 3.8) is 0 Å². The predicted octanol–water partition coefficient (Wildman–Crippen LogP) is 3.14. The number of anilines is 2. The molecule has 0 unspecified atom stereocenters. The van der Waals surface area contributed by atoms with Crippen molar-refractivity contribution in [3.05, 3.63) is 52.9 Å². The van der Waals surface area contributed by atoms with Crippen LogP contribution in [-0.4, -0.2) is 55.0 Å². The summed E-state index contributed by atoms with van der Waals surface area (Å²) in [4.78, 5) is 13.3. The van der Waals surface area contributed by atoms with Crippen LogP contribution in [0, 0.1) is 5.41 Å². The van der Waals surface area contributed by atoms with Crippen molar-refractivity contribution in [2.45, 2.75) is 44.1 Å². The number of nitrogen functional groups attached to an aromatic ring is 1. The molecule has 182 valence electrons. The van der Waals surface area contributed by atoms with Crippen LogP contribution in [0.4, 0.5) is 11.6 Å². The van der Waals surface area contributed by atoms with Crippen LogP contribution >= 0.6 is 15.9 Å². The number of nitrogens with one attached hydrogen (secondary N) is 2. The average Bonchev–Trinajstić information content (AvgIpc) is 3.54. The Hall–Kier alpha value is -2.79. The molecule has 1 spiro atoms. The van der Waals surface area contributed by atoms with Gasteiger partial charge in [0.25, 0.3) is 0 Å². The summed E-state index contributed by atoms with van der Waals surface area (Å²) >= 11 is 3.44.